The van der Waals surface area contributed by atoms with Gasteiger partial charge in [0, 0.05) is 37.2 Å². The van der Waals surface area contributed by atoms with Crippen molar-refractivity contribution < 1.29 is 18.3 Å². The molecule has 2 aromatic carbocycles. The van der Waals surface area contributed by atoms with Gasteiger partial charge in [-0.1, -0.05) is 45.7 Å². The van der Waals surface area contributed by atoms with Gasteiger partial charge in [0.25, 0.3) is 5.91 Å². The molecule has 0 radical (unpaired) electrons. The number of furan rings is 1. The van der Waals surface area contributed by atoms with Gasteiger partial charge < -0.3 is 14.1 Å². The van der Waals surface area contributed by atoms with Crippen LogP contribution in [0.3, 0.4) is 0 Å². The zero-order valence-electron chi connectivity index (χ0n) is 16.7. The fraction of sp³-hybridized carbons (Fsp3) is 0.261. The monoisotopic (exact) mass is 506 g/mol. The minimum absolute atomic E-state index is 0.0956. The van der Waals surface area contributed by atoms with E-state index in [2.05, 4.69) is 26.9 Å². The first-order valence-corrected chi connectivity index (χ1v) is 11.1. The Morgan fingerprint density at radius 3 is 2.61 bits per heavy atom. The van der Waals surface area contributed by atoms with Crippen molar-refractivity contribution in [2.45, 2.75) is 13.2 Å². The minimum Gasteiger partial charge on any atom is -0.484 e. The van der Waals surface area contributed by atoms with Crippen LogP contribution in [0.5, 0.6) is 5.75 Å². The van der Waals surface area contributed by atoms with Gasteiger partial charge in [-0.05, 0) is 42.0 Å². The number of nitrogens with zero attached hydrogens (tertiary/aromatic N) is 2. The molecular formula is C23H21BrClFN2O3. The van der Waals surface area contributed by atoms with Crippen LogP contribution in [0.2, 0.25) is 5.02 Å². The fourth-order valence-corrected chi connectivity index (χ4v) is 4.08. The molecule has 1 aromatic heterocycles. The molecule has 0 aliphatic carbocycles. The smallest absolute Gasteiger partial charge is 0.289 e. The van der Waals surface area contributed by atoms with Crippen LogP contribution in [0.25, 0.3) is 0 Å². The summed E-state index contributed by atoms with van der Waals surface area (Å²) in [6, 6.07) is 15.4. The number of rotatable bonds is 6. The maximum absolute atomic E-state index is 13.1. The second kappa shape index (κ2) is 9.85. The van der Waals surface area contributed by atoms with Crippen LogP contribution in [0, 0.1) is 5.82 Å². The molecule has 0 atom stereocenters. The lowest BCUT2D eigenvalue weighted by Crippen LogP contribution is -2.48. The number of amides is 1. The molecule has 0 N–H and O–H groups in total. The Morgan fingerprint density at radius 1 is 1.10 bits per heavy atom. The van der Waals surface area contributed by atoms with Crippen molar-refractivity contribution in [3.63, 3.8) is 0 Å². The third-order valence-electron chi connectivity index (χ3n) is 5.15. The van der Waals surface area contributed by atoms with E-state index in [-0.39, 0.29) is 23.3 Å². The van der Waals surface area contributed by atoms with Crippen LogP contribution in [-0.2, 0) is 13.2 Å². The number of ether oxygens (including phenoxy) is 1. The summed E-state index contributed by atoms with van der Waals surface area (Å²) >= 11 is 9.55. The molecule has 1 fully saturated rings. The molecule has 1 saturated heterocycles. The van der Waals surface area contributed by atoms with Crippen LogP contribution in [0.15, 0.2) is 63.5 Å². The van der Waals surface area contributed by atoms with Gasteiger partial charge in [0.05, 0.1) is 5.02 Å². The molecule has 5 nitrogen and oxygen atoms in total. The van der Waals surface area contributed by atoms with E-state index < -0.39 is 5.82 Å². The molecular weight excluding hydrogens is 487 g/mol. The number of hydrogen-bond donors (Lipinski definition) is 0. The van der Waals surface area contributed by atoms with Crippen LogP contribution in [-0.4, -0.2) is 41.9 Å². The number of carbonyl (C=O) groups excluding carboxylic acids is 1. The summed E-state index contributed by atoms with van der Waals surface area (Å²) < 4.78 is 25.5. The van der Waals surface area contributed by atoms with E-state index in [4.69, 9.17) is 20.8 Å². The summed E-state index contributed by atoms with van der Waals surface area (Å²) in [5, 5.41) is 0.184. The molecule has 0 saturated carbocycles. The van der Waals surface area contributed by atoms with E-state index in [9.17, 15) is 9.18 Å². The molecule has 31 heavy (non-hydrogen) atoms. The third kappa shape index (κ3) is 5.47. The molecule has 0 bridgehead atoms. The van der Waals surface area contributed by atoms with Crippen LogP contribution in [0.1, 0.15) is 21.9 Å². The van der Waals surface area contributed by atoms with Gasteiger partial charge in [0.2, 0.25) is 0 Å². The van der Waals surface area contributed by atoms with Crippen LogP contribution < -0.4 is 4.74 Å². The van der Waals surface area contributed by atoms with Crippen molar-refractivity contribution in [3.05, 3.63) is 87.0 Å². The Morgan fingerprint density at radius 2 is 1.87 bits per heavy atom. The molecule has 1 amide bonds. The van der Waals surface area contributed by atoms with Crippen molar-refractivity contribution in [1.82, 2.24) is 9.80 Å². The Balaban J connectivity index is 1.29. The fourth-order valence-electron chi connectivity index (χ4n) is 3.44. The largest absolute Gasteiger partial charge is 0.484 e. The first-order chi connectivity index (χ1) is 15.0. The van der Waals surface area contributed by atoms with Gasteiger partial charge >= 0.3 is 0 Å². The average Bonchev–Trinajstić information content (AvgIpc) is 3.24. The Hall–Kier alpha value is -2.35. The van der Waals surface area contributed by atoms with Gasteiger partial charge in [-0.2, -0.15) is 0 Å². The van der Waals surface area contributed by atoms with Gasteiger partial charge in [-0.15, -0.1) is 0 Å². The highest BCUT2D eigenvalue weighted by atomic mass is 79.9. The van der Waals surface area contributed by atoms with E-state index in [0.717, 1.165) is 24.1 Å². The lowest BCUT2D eigenvalue weighted by atomic mass is 10.2. The molecule has 1 aliphatic heterocycles. The maximum Gasteiger partial charge on any atom is 0.289 e. The topological polar surface area (TPSA) is 45.9 Å². The first-order valence-electron chi connectivity index (χ1n) is 9.91. The molecule has 4 rings (SSSR count). The van der Waals surface area contributed by atoms with E-state index in [0.29, 0.717) is 24.6 Å². The maximum atomic E-state index is 13.1. The quantitative estimate of drug-likeness (QED) is 0.450. The van der Waals surface area contributed by atoms with Gasteiger partial charge in [0.1, 0.15) is 23.9 Å². The SMILES string of the molecule is O=C(c1ccc(COc2ccc(F)cc2Cl)o1)N1CCN(Cc2ccccc2Br)CC1. The van der Waals surface area contributed by atoms with Crippen molar-refractivity contribution in [2.75, 3.05) is 26.2 Å². The zero-order chi connectivity index (χ0) is 21.8. The molecule has 2 heterocycles. The molecule has 162 valence electrons. The van der Waals surface area contributed by atoms with Crippen LogP contribution in [0.4, 0.5) is 4.39 Å². The van der Waals surface area contributed by atoms with Gasteiger partial charge in [-0.3, -0.25) is 9.69 Å². The van der Waals surface area contributed by atoms with Crippen molar-refractivity contribution in [1.29, 1.82) is 0 Å². The number of piperazine rings is 1. The number of hydrogen-bond acceptors (Lipinski definition) is 4. The second-order valence-corrected chi connectivity index (χ2v) is 8.55. The van der Waals surface area contributed by atoms with Gasteiger partial charge in [-0.25, -0.2) is 4.39 Å². The third-order valence-corrected chi connectivity index (χ3v) is 6.22. The number of carbonyl (C=O) groups is 1. The lowest BCUT2D eigenvalue weighted by molar-refractivity contribution is 0.0594. The van der Waals surface area contributed by atoms with Crippen LogP contribution >= 0.6 is 27.5 Å². The lowest BCUT2D eigenvalue weighted by Gasteiger charge is -2.34. The molecule has 1 aliphatic rings. The summed E-state index contributed by atoms with van der Waals surface area (Å²) in [6.07, 6.45) is 0. The highest BCUT2D eigenvalue weighted by molar-refractivity contribution is 9.10. The average molecular weight is 508 g/mol. The van der Waals surface area contributed by atoms with E-state index in [1.54, 1.807) is 17.0 Å². The van der Waals surface area contributed by atoms with E-state index >= 15 is 0 Å². The molecule has 3 aromatic rings. The highest BCUT2D eigenvalue weighted by Gasteiger charge is 2.24. The molecule has 0 spiro atoms. The summed E-state index contributed by atoms with van der Waals surface area (Å²) in [5.74, 6) is 0.569. The van der Waals surface area contributed by atoms with Crippen molar-refractivity contribution >= 4 is 33.4 Å². The Kier molecular flexibility index (Phi) is 6.95. The minimum atomic E-state index is -0.431. The first kappa shape index (κ1) is 21.9. The Labute approximate surface area is 193 Å². The predicted molar refractivity (Wildman–Crippen MR) is 120 cm³/mol. The second-order valence-electron chi connectivity index (χ2n) is 7.29. The summed E-state index contributed by atoms with van der Waals surface area (Å²) in [4.78, 5) is 16.9. The summed E-state index contributed by atoms with van der Waals surface area (Å²) in [5.41, 5.74) is 1.24. The predicted octanol–water partition coefficient (Wildman–Crippen LogP) is 5.37. The standard InChI is InChI=1S/C23H21BrClFN2O3/c24-19-4-2-1-3-16(19)14-27-9-11-28(12-10-27)23(29)22-8-6-18(31-22)15-30-21-7-5-17(26)13-20(21)25/h1-8,13H,9-12,14-15H2. The van der Waals surface area contributed by atoms with Gasteiger partial charge in [0.15, 0.2) is 5.76 Å². The van der Waals surface area contributed by atoms with E-state index in [1.165, 1.54) is 23.8 Å². The molecule has 8 heteroatoms. The van der Waals surface area contributed by atoms with E-state index in [1.807, 2.05) is 18.2 Å². The Bertz CT molecular complexity index is 1070. The van der Waals surface area contributed by atoms with Crippen molar-refractivity contribution in [2.24, 2.45) is 0 Å². The summed E-state index contributed by atoms with van der Waals surface area (Å²) in [7, 11) is 0. The highest BCUT2D eigenvalue weighted by Crippen LogP contribution is 2.26. The zero-order valence-corrected chi connectivity index (χ0v) is 19.0. The molecule has 0 unspecified atom stereocenters. The number of halogens is 3. The van der Waals surface area contributed by atoms with Crippen molar-refractivity contribution in [3.8, 4) is 5.75 Å². The number of benzene rings is 2. The normalized spacial score (nSPS) is 14.6. The summed E-state index contributed by atoms with van der Waals surface area (Å²) in [6.45, 7) is 3.82.